The molecule has 1 amide bonds. The molecule has 0 spiro atoms. The minimum atomic E-state index is -0.980. The highest BCUT2D eigenvalue weighted by molar-refractivity contribution is 6.03. The summed E-state index contributed by atoms with van der Waals surface area (Å²) in [5.74, 6) is 0.776. The predicted octanol–water partition coefficient (Wildman–Crippen LogP) is 7.30. The van der Waals surface area contributed by atoms with Gasteiger partial charge in [0.05, 0.1) is 16.5 Å². The van der Waals surface area contributed by atoms with Crippen LogP contribution in [-0.2, 0) is 4.74 Å². The van der Waals surface area contributed by atoms with Crippen molar-refractivity contribution in [1.82, 2.24) is 24.9 Å². The van der Waals surface area contributed by atoms with E-state index in [1.54, 1.807) is 25.8 Å². The number of aromatic hydroxyl groups is 1. The van der Waals surface area contributed by atoms with E-state index in [-0.39, 0.29) is 57.3 Å². The summed E-state index contributed by atoms with van der Waals surface area (Å²) in [6.07, 6.45) is 10.7. The monoisotopic (exact) mass is 702 g/mol. The molecule has 2 aromatic heterocycles. The molecule has 51 heavy (non-hydrogen) atoms. The van der Waals surface area contributed by atoms with E-state index in [4.69, 9.17) is 20.9 Å². The molecule has 0 aliphatic carbocycles. The minimum absolute atomic E-state index is 0.0709. The second-order valence-electron chi connectivity index (χ2n) is 14.7. The fourth-order valence-corrected chi connectivity index (χ4v) is 7.71. The zero-order valence-corrected chi connectivity index (χ0v) is 29.0. The number of terminal acetylenes is 1. The number of carbonyl (C=O) groups is 1. The molecular weight excluding hydrogens is 661 g/mol. The summed E-state index contributed by atoms with van der Waals surface area (Å²) in [4.78, 5) is 29.6. The third kappa shape index (κ3) is 6.57. The summed E-state index contributed by atoms with van der Waals surface area (Å²) < 4.78 is 58.7. The van der Waals surface area contributed by atoms with Crippen molar-refractivity contribution in [3.05, 3.63) is 47.7 Å². The summed E-state index contributed by atoms with van der Waals surface area (Å²) in [5, 5.41) is 14.6. The van der Waals surface area contributed by atoms with Gasteiger partial charge >= 0.3 is 12.1 Å². The summed E-state index contributed by atoms with van der Waals surface area (Å²) >= 11 is 0. The molecule has 0 radical (unpaired) electrons. The number of phenolic OH excluding ortho intramolecular Hbond substituents is 1. The SMILES string of the molecule is C#Cc1c(F)ccc2cc(O)cc(-c3ncc4c(N5CCCCCCN5C(=O)OC(C)(C)C)nc(OC[C@@]56CCCN5C[C@H](F)C6)nc4c3F)c12. The van der Waals surface area contributed by atoms with Gasteiger partial charge in [-0.05, 0) is 76.6 Å². The van der Waals surface area contributed by atoms with Crippen LogP contribution in [0.4, 0.5) is 23.8 Å². The lowest BCUT2D eigenvalue weighted by atomic mass is 9.95. The van der Waals surface area contributed by atoms with Gasteiger partial charge in [-0.25, -0.2) is 23.0 Å². The molecule has 0 unspecified atom stereocenters. The maximum absolute atomic E-state index is 17.1. The van der Waals surface area contributed by atoms with Crippen LogP contribution < -0.4 is 9.75 Å². The number of alkyl halides is 1. The van der Waals surface area contributed by atoms with Crippen molar-refractivity contribution < 1.29 is 32.5 Å². The number of pyridine rings is 1. The van der Waals surface area contributed by atoms with Gasteiger partial charge in [-0.2, -0.15) is 9.97 Å². The van der Waals surface area contributed by atoms with Crippen molar-refractivity contribution in [3.8, 4) is 35.4 Å². The number of hydrazine groups is 1. The number of benzene rings is 2. The lowest BCUT2D eigenvalue weighted by molar-refractivity contribution is 0.0211. The number of aromatic nitrogens is 3. The van der Waals surface area contributed by atoms with Crippen LogP contribution >= 0.6 is 0 Å². The van der Waals surface area contributed by atoms with Crippen molar-refractivity contribution >= 4 is 33.6 Å². The summed E-state index contributed by atoms with van der Waals surface area (Å²) in [6.45, 7) is 7.22. The first kappa shape index (κ1) is 34.6. The summed E-state index contributed by atoms with van der Waals surface area (Å²) in [5.41, 5.74) is -1.74. The zero-order chi connectivity index (χ0) is 36.1. The third-order valence-electron chi connectivity index (χ3n) is 9.96. The largest absolute Gasteiger partial charge is 0.508 e. The Balaban J connectivity index is 1.41. The Morgan fingerprint density at radius 3 is 2.65 bits per heavy atom. The molecule has 1 N–H and O–H groups in total. The van der Waals surface area contributed by atoms with Crippen LogP contribution in [0.1, 0.15) is 71.3 Å². The summed E-state index contributed by atoms with van der Waals surface area (Å²) in [7, 11) is 0. The molecule has 3 aliphatic rings. The standard InChI is InChI=1S/C38H41F3N6O4/c1-5-26-29(40)12-11-23-17-25(48)18-27(30(23)26)32-31(41)33-28(20-42-32)34(46-15-8-6-7-9-16-47(46)36(49)51-37(2,3)4)44-35(43-33)50-22-38-13-10-14-45(38)21-24(39)19-38/h1,11-12,17-18,20,24,48H,6-10,13-16,19,21-22H2,2-4H3/t24-,38+/m1/s1. The molecule has 2 atom stereocenters. The number of anilines is 1. The average molecular weight is 703 g/mol. The number of amides is 1. The van der Waals surface area contributed by atoms with Crippen LogP contribution in [0.5, 0.6) is 11.8 Å². The topological polar surface area (TPSA) is 104 Å². The molecule has 4 aromatic rings. The lowest BCUT2D eigenvalue weighted by Gasteiger charge is -2.38. The molecule has 3 aliphatic heterocycles. The number of rotatable bonds is 5. The van der Waals surface area contributed by atoms with Crippen LogP contribution in [0, 0.1) is 24.0 Å². The van der Waals surface area contributed by atoms with E-state index in [9.17, 15) is 18.7 Å². The molecule has 3 fully saturated rings. The third-order valence-corrected chi connectivity index (χ3v) is 9.96. The normalized spacial score (nSPS) is 21.4. The molecule has 3 saturated heterocycles. The Kier molecular flexibility index (Phi) is 9.08. The van der Waals surface area contributed by atoms with E-state index < -0.39 is 35.0 Å². The Morgan fingerprint density at radius 2 is 1.88 bits per heavy atom. The molecule has 5 heterocycles. The molecule has 0 saturated carbocycles. The minimum Gasteiger partial charge on any atom is -0.508 e. The van der Waals surface area contributed by atoms with Gasteiger partial charge in [0.15, 0.2) is 11.6 Å². The fourth-order valence-electron chi connectivity index (χ4n) is 7.71. The van der Waals surface area contributed by atoms with E-state index in [0.717, 1.165) is 32.2 Å². The van der Waals surface area contributed by atoms with Crippen LogP contribution in [0.25, 0.3) is 32.9 Å². The van der Waals surface area contributed by atoms with Crippen molar-refractivity contribution in [2.24, 2.45) is 0 Å². The van der Waals surface area contributed by atoms with E-state index in [2.05, 4.69) is 20.8 Å². The average Bonchev–Trinajstić information content (AvgIpc) is 3.58. The number of ether oxygens (including phenoxy) is 2. The van der Waals surface area contributed by atoms with Crippen LogP contribution in [0.2, 0.25) is 0 Å². The van der Waals surface area contributed by atoms with E-state index in [1.165, 1.54) is 35.5 Å². The molecule has 2 aromatic carbocycles. The van der Waals surface area contributed by atoms with E-state index >= 15 is 4.39 Å². The maximum atomic E-state index is 17.1. The van der Waals surface area contributed by atoms with Gasteiger partial charge in [0.2, 0.25) is 0 Å². The quantitative estimate of drug-likeness (QED) is 0.215. The van der Waals surface area contributed by atoms with Gasteiger partial charge in [0, 0.05) is 43.2 Å². The van der Waals surface area contributed by atoms with Crippen molar-refractivity contribution in [2.75, 3.05) is 37.8 Å². The zero-order valence-electron chi connectivity index (χ0n) is 29.0. The van der Waals surface area contributed by atoms with E-state index in [1.807, 2.05) is 0 Å². The second kappa shape index (κ2) is 13.4. The molecule has 268 valence electrons. The highest BCUT2D eigenvalue weighted by atomic mass is 19.1. The molecular formula is C38H41F3N6O4. The van der Waals surface area contributed by atoms with Gasteiger partial charge in [-0.15, -0.1) is 6.42 Å². The first-order valence-corrected chi connectivity index (χ1v) is 17.5. The van der Waals surface area contributed by atoms with Crippen LogP contribution in [0.3, 0.4) is 0 Å². The van der Waals surface area contributed by atoms with Gasteiger partial charge in [-0.1, -0.05) is 24.8 Å². The van der Waals surface area contributed by atoms with Gasteiger partial charge in [0.1, 0.15) is 41.2 Å². The maximum Gasteiger partial charge on any atom is 0.429 e. The smallest absolute Gasteiger partial charge is 0.429 e. The van der Waals surface area contributed by atoms with Crippen molar-refractivity contribution in [2.45, 2.75) is 83.0 Å². The lowest BCUT2D eigenvalue weighted by Crippen LogP contribution is -2.50. The molecule has 13 heteroatoms. The number of hydrogen-bond acceptors (Lipinski definition) is 9. The Labute approximate surface area is 294 Å². The van der Waals surface area contributed by atoms with Crippen LogP contribution in [0.15, 0.2) is 30.5 Å². The number of hydrogen-bond donors (Lipinski definition) is 1. The number of halogens is 3. The van der Waals surface area contributed by atoms with Gasteiger partial charge in [0.25, 0.3) is 0 Å². The Bertz CT molecular complexity index is 2050. The highest BCUT2D eigenvalue weighted by Crippen LogP contribution is 2.42. The second-order valence-corrected chi connectivity index (χ2v) is 14.7. The molecule has 0 bridgehead atoms. The Morgan fingerprint density at radius 1 is 1.10 bits per heavy atom. The Hall–Kier alpha value is -4.83. The molecule has 10 nitrogen and oxygen atoms in total. The number of carbonyl (C=O) groups excluding carboxylic acids is 1. The van der Waals surface area contributed by atoms with Crippen LogP contribution in [-0.4, -0.2) is 86.2 Å². The molecule has 7 rings (SSSR count). The number of fused-ring (bicyclic) bond motifs is 3. The fraction of sp³-hybridized carbons (Fsp3) is 0.474. The predicted molar refractivity (Wildman–Crippen MR) is 187 cm³/mol. The first-order chi connectivity index (χ1) is 24.4. The van der Waals surface area contributed by atoms with E-state index in [0.29, 0.717) is 44.3 Å². The van der Waals surface area contributed by atoms with Gasteiger partial charge < -0.3 is 14.6 Å². The number of phenols is 1. The highest BCUT2D eigenvalue weighted by Gasteiger charge is 2.49. The van der Waals surface area contributed by atoms with Crippen molar-refractivity contribution in [3.63, 3.8) is 0 Å². The van der Waals surface area contributed by atoms with Crippen molar-refractivity contribution in [1.29, 1.82) is 0 Å². The number of nitrogens with zero attached hydrogens (tertiary/aromatic N) is 6. The summed E-state index contributed by atoms with van der Waals surface area (Å²) in [6, 6.07) is 5.18. The van der Waals surface area contributed by atoms with Gasteiger partial charge in [-0.3, -0.25) is 14.9 Å². The first-order valence-electron chi connectivity index (χ1n) is 17.5.